The Morgan fingerprint density at radius 2 is 1.71 bits per heavy atom. The number of nitrogens with zero attached hydrogens (tertiary/aromatic N) is 1. The van der Waals surface area contributed by atoms with Crippen LogP contribution in [0, 0.1) is 5.82 Å². The van der Waals surface area contributed by atoms with Gasteiger partial charge < -0.3 is 5.32 Å². The molecule has 0 saturated heterocycles. The number of fused-ring (bicyclic) bond motifs is 1. The van der Waals surface area contributed by atoms with E-state index in [4.69, 9.17) is 23.2 Å². The van der Waals surface area contributed by atoms with E-state index >= 15 is 0 Å². The number of rotatable bonds is 4. The lowest BCUT2D eigenvalue weighted by atomic mass is 10.0. The molecule has 0 fully saturated rings. The Bertz CT molecular complexity index is 1280. The largest absolute Gasteiger partial charge is 0.319 e. The van der Waals surface area contributed by atoms with Crippen LogP contribution in [0.1, 0.15) is 21.5 Å². The summed E-state index contributed by atoms with van der Waals surface area (Å²) in [6.45, 7) is 0.577. The summed E-state index contributed by atoms with van der Waals surface area (Å²) in [4.78, 5) is 12.6. The third kappa shape index (κ3) is 4.32. The summed E-state index contributed by atoms with van der Waals surface area (Å²) in [7, 11) is -3.87. The van der Waals surface area contributed by atoms with Gasteiger partial charge in [0.2, 0.25) is 10.0 Å². The zero-order valence-corrected chi connectivity index (χ0v) is 18.4. The van der Waals surface area contributed by atoms with Crippen LogP contribution in [0.15, 0.2) is 65.6 Å². The summed E-state index contributed by atoms with van der Waals surface area (Å²) in [6, 6.07) is 15.8. The molecule has 160 valence electrons. The van der Waals surface area contributed by atoms with E-state index in [9.17, 15) is 17.6 Å². The molecule has 1 amide bonds. The summed E-state index contributed by atoms with van der Waals surface area (Å²) in [5.41, 5.74) is 1.85. The predicted molar refractivity (Wildman–Crippen MR) is 119 cm³/mol. The predicted octanol–water partition coefficient (Wildman–Crippen LogP) is 5.13. The minimum absolute atomic E-state index is 0.0443. The van der Waals surface area contributed by atoms with Gasteiger partial charge in [-0.25, -0.2) is 12.8 Å². The molecule has 1 N–H and O–H groups in total. The van der Waals surface area contributed by atoms with Gasteiger partial charge >= 0.3 is 0 Å². The van der Waals surface area contributed by atoms with E-state index in [0.717, 1.165) is 11.1 Å². The average Bonchev–Trinajstić information content (AvgIpc) is 2.76. The van der Waals surface area contributed by atoms with Crippen LogP contribution in [-0.2, 0) is 23.0 Å². The van der Waals surface area contributed by atoms with Gasteiger partial charge in [0.1, 0.15) is 0 Å². The lowest BCUT2D eigenvalue weighted by molar-refractivity contribution is 0.102. The summed E-state index contributed by atoms with van der Waals surface area (Å²) < 4.78 is 41.9. The second-order valence-electron chi connectivity index (χ2n) is 7.05. The molecule has 9 heteroatoms. The number of hydrogen-bond acceptors (Lipinski definition) is 3. The Hall–Kier alpha value is -2.45. The summed E-state index contributed by atoms with van der Waals surface area (Å²) in [5.74, 6) is -1.53. The molecule has 0 spiro atoms. The van der Waals surface area contributed by atoms with Crippen LogP contribution in [0.3, 0.4) is 0 Å². The van der Waals surface area contributed by atoms with E-state index in [1.54, 1.807) is 0 Å². The first kappa shape index (κ1) is 21.8. The van der Waals surface area contributed by atoms with E-state index < -0.39 is 21.7 Å². The second-order valence-corrected chi connectivity index (χ2v) is 9.81. The maximum atomic E-state index is 14.1. The van der Waals surface area contributed by atoms with E-state index in [1.807, 2.05) is 24.3 Å². The molecule has 0 unspecified atom stereocenters. The molecule has 4 rings (SSSR count). The minimum atomic E-state index is -3.87. The van der Waals surface area contributed by atoms with Crippen molar-refractivity contribution < 1.29 is 17.6 Å². The van der Waals surface area contributed by atoms with Crippen LogP contribution >= 0.6 is 23.2 Å². The normalized spacial score (nSPS) is 14.2. The fourth-order valence-electron chi connectivity index (χ4n) is 3.45. The summed E-state index contributed by atoms with van der Waals surface area (Å²) in [5, 5.41) is 2.28. The Morgan fingerprint density at radius 3 is 2.48 bits per heavy atom. The molecule has 5 nitrogen and oxygen atoms in total. The molecule has 0 radical (unpaired) electrons. The van der Waals surface area contributed by atoms with Crippen LogP contribution in [0.25, 0.3) is 0 Å². The molecule has 3 aromatic rings. The molecule has 1 aliphatic rings. The van der Waals surface area contributed by atoms with Crippen molar-refractivity contribution in [1.82, 2.24) is 4.31 Å². The number of nitrogens with one attached hydrogen (secondary N) is 1. The number of hydrogen-bond donors (Lipinski definition) is 1. The summed E-state index contributed by atoms with van der Waals surface area (Å²) >= 11 is 11.9. The number of benzene rings is 3. The highest BCUT2D eigenvalue weighted by molar-refractivity contribution is 7.89. The van der Waals surface area contributed by atoms with Crippen LogP contribution < -0.4 is 5.32 Å². The lowest BCUT2D eigenvalue weighted by Crippen LogP contribution is -2.36. The van der Waals surface area contributed by atoms with Crippen molar-refractivity contribution in [1.29, 1.82) is 0 Å². The minimum Gasteiger partial charge on any atom is -0.319 e. The molecule has 0 atom stereocenters. The van der Waals surface area contributed by atoms with E-state index in [1.165, 1.54) is 40.7 Å². The smallest absolute Gasteiger partial charge is 0.257 e. The quantitative estimate of drug-likeness (QED) is 0.564. The standard InChI is InChI=1S/C22H17Cl2FN2O3S/c23-18-9-8-16(12-17(18)22(28)26-20-7-3-6-19(24)21(20)25)31(29,30)27-11-10-14-4-1-2-5-15(14)13-27/h1-9,12H,10-11,13H2,(H,26,28). The molecular weight excluding hydrogens is 462 g/mol. The van der Waals surface area contributed by atoms with Crippen molar-refractivity contribution in [2.75, 3.05) is 11.9 Å². The van der Waals surface area contributed by atoms with Gasteiger partial charge in [0, 0.05) is 13.1 Å². The first-order valence-electron chi connectivity index (χ1n) is 9.39. The lowest BCUT2D eigenvalue weighted by Gasteiger charge is -2.28. The van der Waals surface area contributed by atoms with E-state index in [-0.39, 0.29) is 32.7 Å². The monoisotopic (exact) mass is 478 g/mol. The second kappa shape index (κ2) is 8.59. The Balaban J connectivity index is 1.63. The fourth-order valence-corrected chi connectivity index (χ4v) is 5.28. The molecule has 1 heterocycles. The van der Waals surface area contributed by atoms with E-state index in [2.05, 4.69) is 5.32 Å². The number of sulfonamides is 1. The van der Waals surface area contributed by atoms with Gasteiger partial charge in [-0.3, -0.25) is 4.79 Å². The van der Waals surface area contributed by atoms with Gasteiger partial charge in [-0.2, -0.15) is 4.31 Å². The number of anilines is 1. The molecule has 1 aliphatic heterocycles. The average molecular weight is 479 g/mol. The molecule has 0 aromatic heterocycles. The molecule has 0 bridgehead atoms. The van der Waals surface area contributed by atoms with Crippen LogP contribution in [0.2, 0.25) is 10.0 Å². The third-order valence-electron chi connectivity index (χ3n) is 5.12. The molecule has 0 saturated carbocycles. The van der Waals surface area contributed by atoms with Crippen molar-refractivity contribution in [3.63, 3.8) is 0 Å². The SMILES string of the molecule is O=C(Nc1cccc(Cl)c1F)c1cc(S(=O)(=O)N2CCc3ccccc3C2)ccc1Cl. The van der Waals surface area contributed by atoms with Crippen molar-refractivity contribution >= 4 is 44.8 Å². The van der Waals surface area contributed by atoms with Gasteiger partial charge in [-0.05, 0) is 47.9 Å². The van der Waals surface area contributed by atoms with Gasteiger partial charge in [0.05, 0.1) is 26.2 Å². The maximum absolute atomic E-state index is 14.1. The first-order chi connectivity index (χ1) is 14.8. The topological polar surface area (TPSA) is 66.5 Å². The Labute approximate surface area is 189 Å². The number of carbonyl (C=O) groups excluding carboxylic acids is 1. The number of carbonyl (C=O) groups is 1. The summed E-state index contributed by atoms with van der Waals surface area (Å²) in [6.07, 6.45) is 0.602. The highest BCUT2D eigenvalue weighted by Crippen LogP contribution is 2.29. The van der Waals surface area contributed by atoms with Crippen LogP contribution in [0.4, 0.5) is 10.1 Å². The van der Waals surface area contributed by atoms with Gasteiger partial charge in [0.15, 0.2) is 5.82 Å². The van der Waals surface area contributed by atoms with Crippen molar-refractivity contribution in [3.8, 4) is 0 Å². The van der Waals surface area contributed by atoms with Gasteiger partial charge in [-0.1, -0.05) is 53.5 Å². The van der Waals surface area contributed by atoms with Gasteiger partial charge in [0.25, 0.3) is 5.91 Å². The zero-order chi connectivity index (χ0) is 22.2. The molecule has 0 aliphatic carbocycles. The van der Waals surface area contributed by atoms with Crippen molar-refractivity contribution in [3.05, 3.63) is 93.2 Å². The Kier molecular flexibility index (Phi) is 6.03. The van der Waals surface area contributed by atoms with Crippen LogP contribution in [0.5, 0.6) is 0 Å². The molecule has 31 heavy (non-hydrogen) atoms. The third-order valence-corrected chi connectivity index (χ3v) is 7.58. The molecular formula is C22H17Cl2FN2O3S. The highest BCUT2D eigenvalue weighted by atomic mass is 35.5. The number of amides is 1. The zero-order valence-electron chi connectivity index (χ0n) is 16.1. The van der Waals surface area contributed by atoms with Crippen molar-refractivity contribution in [2.45, 2.75) is 17.9 Å². The van der Waals surface area contributed by atoms with Crippen molar-refractivity contribution in [2.24, 2.45) is 0 Å². The van der Waals surface area contributed by atoms with Gasteiger partial charge in [-0.15, -0.1) is 0 Å². The molecule has 3 aromatic carbocycles. The first-order valence-corrected chi connectivity index (χ1v) is 11.6. The fraction of sp³-hybridized carbons (Fsp3) is 0.136. The van der Waals surface area contributed by atoms with Crippen LogP contribution in [-0.4, -0.2) is 25.2 Å². The maximum Gasteiger partial charge on any atom is 0.257 e. The highest BCUT2D eigenvalue weighted by Gasteiger charge is 2.29. The Morgan fingerprint density at radius 1 is 0.968 bits per heavy atom. The van der Waals surface area contributed by atoms with E-state index in [0.29, 0.717) is 13.0 Å². The number of halogens is 3.